The molecule has 7 nitrogen and oxygen atoms in total. The van der Waals surface area contributed by atoms with Crippen molar-refractivity contribution in [2.24, 2.45) is 0 Å². The molecule has 3 rings (SSSR count). The predicted octanol–water partition coefficient (Wildman–Crippen LogP) is 3.65. The van der Waals surface area contributed by atoms with E-state index in [9.17, 15) is 14.4 Å². The Morgan fingerprint density at radius 3 is 2.26 bits per heavy atom. The number of aryl methyl sites for hydroxylation is 2. The van der Waals surface area contributed by atoms with E-state index in [1.54, 1.807) is 38.4 Å². The number of esters is 1. The second-order valence-corrected chi connectivity index (χ2v) is 7.42. The van der Waals surface area contributed by atoms with Crippen LogP contribution in [0.5, 0.6) is 0 Å². The van der Waals surface area contributed by atoms with Gasteiger partial charge in [-0.25, -0.2) is 4.79 Å². The molecule has 2 aromatic heterocycles. The second kappa shape index (κ2) is 9.38. The van der Waals surface area contributed by atoms with Crippen LogP contribution in [0, 0.1) is 20.8 Å². The molecule has 2 heterocycles. The van der Waals surface area contributed by atoms with Crippen LogP contribution in [-0.2, 0) is 11.3 Å². The zero-order valence-corrected chi connectivity index (χ0v) is 18.1. The van der Waals surface area contributed by atoms with Crippen LogP contribution in [-0.4, -0.2) is 46.2 Å². The van der Waals surface area contributed by atoms with E-state index in [0.29, 0.717) is 22.4 Å². The first-order chi connectivity index (χ1) is 14.8. The van der Waals surface area contributed by atoms with Crippen molar-refractivity contribution < 1.29 is 19.1 Å². The summed E-state index contributed by atoms with van der Waals surface area (Å²) in [5.74, 6) is -1.04. The minimum absolute atomic E-state index is 0.130. The van der Waals surface area contributed by atoms with Crippen LogP contribution in [0.4, 0.5) is 0 Å². The fourth-order valence-corrected chi connectivity index (χ4v) is 3.51. The van der Waals surface area contributed by atoms with Gasteiger partial charge in [-0.1, -0.05) is 17.7 Å². The average molecular weight is 419 g/mol. The maximum Gasteiger partial charge on any atom is 0.354 e. The van der Waals surface area contributed by atoms with Crippen LogP contribution < -0.4 is 0 Å². The fourth-order valence-electron chi connectivity index (χ4n) is 3.51. The van der Waals surface area contributed by atoms with E-state index in [4.69, 9.17) is 4.74 Å². The third-order valence-corrected chi connectivity index (χ3v) is 5.15. The van der Waals surface area contributed by atoms with Crippen molar-refractivity contribution in [2.75, 3.05) is 13.7 Å². The number of carbonyl (C=O) groups is 3. The van der Waals surface area contributed by atoms with Gasteiger partial charge in [0.25, 0.3) is 5.91 Å². The molecule has 0 atom stereocenters. The Morgan fingerprint density at radius 2 is 1.65 bits per heavy atom. The van der Waals surface area contributed by atoms with Crippen molar-refractivity contribution in [2.45, 2.75) is 27.3 Å². The SMILES string of the molecule is COC(=O)c1[nH]c(C)c(C(=O)CN(Cc2ccncc2)C(=O)c2ccc(C)cc2)c1C. The van der Waals surface area contributed by atoms with Crippen LogP contribution in [0.2, 0.25) is 0 Å². The van der Waals surface area contributed by atoms with Crippen molar-refractivity contribution in [3.05, 3.63) is 88.0 Å². The van der Waals surface area contributed by atoms with Gasteiger partial charge in [0, 0.05) is 35.8 Å². The lowest BCUT2D eigenvalue weighted by Gasteiger charge is -2.22. The summed E-state index contributed by atoms with van der Waals surface area (Å²) < 4.78 is 4.78. The summed E-state index contributed by atoms with van der Waals surface area (Å²) in [6.07, 6.45) is 3.30. The highest BCUT2D eigenvalue weighted by Crippen LogP contribution is 2.21. The number of aromatic amines is 1. The molecule has 0 aliphatic carbocycles. The molecule has 0 bridgehead atoms. The molecule has 0 saturated carbocycles. The van der Waals surface area contributed by atoms with Gasteiger partial charge >= 0.3 is 5.97 Å². The summed E-state index contributed by atoms with van der Waals surface area (Å²) >= 11 is 0. The van der Waals surface area contributed by atoms with Gasteiger partial charge in [0.05, 0.1) is 13.7 Å². The van der Waals surface area contributed by atoms with Gasteiger partial charge in [-0.05, 0) is 56.2 Å². The minimum atomic E-state index is -0.538. The number of ketones is 1. The van der Waals surface area contributed by atoms with Crippen molar-refractivity contribution in [1.29, 1.82) is 0 Å². The molecular formula is C24H25N3O4. The van der Waals surface area contributed by atoms with Crippen LogP contribution in [0.15, 0.2) is 48.8 Å². The molecule has 31 heavy (non-hydrogen) atoms. The van der Waals surface area contributed by atoms with Gasteiger partial charge in [-0.3, -0.25) is 14.6 Å². The number of rotatable bonds is 7. The molecule has 0 spiro atoms. The van der Waals surface area contributed by atoms with Crippen molar-refractivity contribution in [1.82, 2.24) is 14.9 Å². The maximum absolute atomic E-state index is 13.2. The van der Waals surface area contributed by atoms with E-state index in [2.05, 4.69) is 9.97 Å². The molecule has 0 unspecified atom stereocenters. The van der Waals surface area contributed by atoms with Gasteiger partial charge in [-0.2, -0.15) is 0 Å². The van der Waals surface area contributed by atoms with E-state index in [1.807, 2.05) is 31.2 Å². The summed E-state index contributed by atoms with van der Waals surface area (Å²) in [5.41, 5.74) is 4.13. The zero-order chi connectivity index (χ0) is 22.5. The second-order valence-electron chi connectivity index (χ2n) is 7.42. The number of carbonyl (C=O) groups excluding carboxylic acids is 3. The molecule has 1 aromatic carbocycles. The summed E-state index contributed by atoms with van der Waals surface area (Å²) in [6, 6.07) is 10.9. The quantitative estimate of drug-likeness (QED) is 0.466. The predicted molar refractivity (Wildman–Crippen MR) is 116 cm³/mol. The van der Waals surface area contributed by atoms with Crippen LogP contribution in [0.1, 0.15) is 53.6 Å². The summed E-state index contributed by atoms with van der Waals surface area (Å²) in [7, 11) is 1.29. The van der Waals surface area contributed by atoms with E-state index < -0.39 is 5.97 Å². The maximum atomic E-state index is 13.2. The molecule has 3 aromatic rings. The number of nitrogens with zero attached hydrogens (tertiary/aromatic N) is 2. The van der Waals surface area contributed by atoms with Gasteiger partial charge < -0.3 is 14.6 Å². The first-order valence-corrected chi connectivity index (χ1v) is 9.87. The highest BCUT2D eigenvalue weighted by atomic mass is 16.5. The monoisotopic (exact) mass is 419 g/mol. The van der Waals surface area contributed by atoms with Crippen molar-refractivity contribution >= 4 is 17.7 Å². The Balaban J connectivity index is 1.92. The summed E-state index contributed by atoms with van der Waals surface area (Å²) in [5, 5.41) is 0. The fraction of sp³-hybridized carbons (Fsp3) is 0.250. The first kappa shape index (κ1) is 22.0. The molecule has 0 radical (unpaired) electrons. The van der Waals surface area contributed by atoms with E-state index in [0.717, 1.165) is 11.1 Å². The van der Waals surface area contributed by atoms with Crippen LogP contribution >= 0.6 is 0 Å². The number of Topliss-reactive ketones (excluding diaryl/α,β-unsaturated/α-hetero) is 1. The number of hydrogen-bond acceptors (Lipinski definition) is 5. The minimum Gasteiger partial charge on any atom is -0.464 e. The number of nitrogens with one attached hydrogen (secondary N) is 1. The lowest BCUT2D eigenvalue weighted by atomic mass is 10.0. The molecule has 1 N–H and O–H groups in total. The van der Waals surface area contributed by atoms with E-state index in [-0.39, 0.29) is 30.5 Å². The van der Waals surface area contributed by atoms with Crippen molar-refractivity contribution in [3.63, 3.8) is 0 Å². The topological polar surface area (TPSA) is 92.4 Å². The van der Waals surface area contributed by atoms with Gasteiger partial charge in [0.2, 0.25) is 0 Å². The molecule has 0 saturated heterocycles. The molecule has 7 heteroatoms. The zero-order valence-electron chi connectivity index (χ0n) is 18.1. The summed E-state index contributed by atoms with van der Waals surface area (Å²) in [4.78, 5) is 46.9. The largest absolute Gasteiger partial charge is 0.464 e. The highest BCUT2D eigenvalue weighted by Gasteiger charge is 2.26. The number of pyridine rings is 1. The highest BCUT2D eigenvalue weighted by molar-refractivity contribution is 6.05. The Labute approximate surface area is 181 Å². The normalized spacial score (nSPS) is 10.6. The Kier molecular flexibility index (Phi) is 6.65. The smallest absolute Gasteiger partial charge is 0.354 e. The van der Waals surface area contributed by atoms with Gasteiger partial charge in [-0.15, -0.1) is 0 Å². The molecule has 0 fully saturated rings. The Hall–Kier alpha value is -3.74. The molecule has 0 aliphatic heterocycles. The number of hydrogen-bond donors (Lipinski definition) is 1. The Bertz CT molecular complexity index is 1100. The third-order valence-electron chi connectivity index (χ3n) is 5.15. The lowest BCUT2D eigenvalue weighted by molar-refractivity contribution is 0.0593. The molecule has 160 valence electrons. The molecule has 0 aliphatic rings. The van der Waals surface area contributed by atoms with Crippen LogP contribution in [0.25, 0.3) is 0 Å². The Morgan fingerprint density at radius 1 is 1.00 bits per heavy atom. The number of ether oxygens (including phenoxy) is 1. The lowest BCUT2D eigenvalue weighted by Crippen LogP contribution is -2.35. The third kappa shape index (κ3) is 4.88. The number of benzene rings is 1. The van der Waals surface area contributed by atoms with Crippen molar-refractivity contribution in [3.8, 4) is 0 Å². The van der Waals surface area contributed by atoms with Crippen LogP contribution in [0.3, 0.4) is 0 Å². The number of methoxy groups -OCH3 is 1. The number of H-pyrrole nitrogens is 1. The average Bonchev–Trinajstić information content (AvgIpc) is 3.07. The molecular weight excluding hydrogens is 394 g/mol. The van der Waals surface area contributed by atoms with E-state index >= 15 is 0 Å². The molecule has 1 amide bonds. The number of aromatic nitrogens is 2. The van der Waals surface area contributed by atoms with Gasteiger partial charge in [0.15, 0.2) is 5.78 Å². The van der Waals surface area contributed by atoms with E-state index in [1.165, 1.54) is 12.0 Å². The first-order valence-electron chi connectivity index (χ1n) is 9.87. The van der Waals surface area contributed by atoms with Gasteiger partial charge in [0.1, 0.15) is 5.69 Å². The standard InChI is InChI=1S/C24H25N3O4/c1-15-5-7-19(8-6-15)23(29)27(13-18-9-11-25-12-10-18)14-20(28)21-16(2)22(24(30)31-4)26-17(21)3/h5-12,26H,13-14H2,1-4H3. The summed E-state index contributed by atoms with van der Waals surface area (Å²) in [6.45, 7) is 5.49. The number of amides is 1.